The van der Waals surface area contributed by atoms with Crippen molar-refractivity contribution < 1.29 is 13.2 Å². The number of nitrogens with one attached hydrogen (secondary N) is 1. The van der Waals surface area contributed by atoms with Crippen LogP contribution in [0.2, 0.25) is 0 Å². The molecule has 0 aromatic heterocycles. The number of nitrogens with two attached hydrogens (primary N) is 1. The Balaban J connectivity index is 2.61. The fourth-order valence-electron chi connectivity index (χ4n) is 1.67. The summed E-state index contributed by atoms with van der Waals surface area (Å²) in [5, 5.41) is 3.23. The first-order valence-corrected chi connectivity index (χ1v) is 6.96. The molecular weight excluding hydrogens is 285 g/mol. The van der Waals surface area contributed by atoms with Crippen molar-refractivity contribution in [1.82, 2.24) is 5.32 Å². The number of halogens is 3. The SMILES string of the molecule is CC#CCCNC(CN)c1ccc(SC(F)(F)F)cc1. The van der Waals surface area contributed by atoms with E-state index >= 15 is 0 Å². The van der Waals surface area contributed by atoms with Crippen molar-refractivity contribution in [3.63, 3.8) is 0 Å². The van der Waals surface area contributed by atoms with E-state index < -0.39 is 5.51 Å². The number of hydrogen-bond acceptors (Lipinski definition) is 3. The molecule has 0 aliphatic rings. The minimum atomic E-state index is -4.26. The molecule has 1 rings (SSSR count). The highest BCUT2D eigenvalue weighted by Crippen LogP contribution is 2.36. The number of hydrogen-bond donors (Lipinski definition) is 2. The molecule has 0 amide bonds. The molecule has 0 bridgehead atoms. The molecular formula is C14H17F3N2S. The summed E-state index contributed by atoms with van der Waals surface area (Å²) in [6.45, 7) is 2.85. The minimum absolute atomic E-state index is 0.0707. The van der Waals surface area contributed by atoms with Gasteiger partial charge in [-0.05, 0) is 36.4 Å². The molecule has 110 valence electrons. The summed E-state index contributed by atoms with van der Waals surface area (Å²) < 4.78 is 36.7. The third-order valence-electron chi connectivity index (χ3n) is 2.57. The lowest BCUT2D eigenvalue weighted by molar-refractivity contribution is -0.0328. The van der Waals surface area contributed by atoms with Gasteiger partial charge in [0.25, 0.3) is 0 Å². The van der Waals surface area contributed by atoms with Gasteiger partial charge < -0.3 is 11.1 Å². The molecule has 0 radical (unpaired) electrons. The van der Waals surface area contributed by atoms with E-state index in [0.717, 1.165) is 12.0 Å². The van der Waals surface area contributed by atoms with Gasteiger partial charge in [-0.15, -0.1) is 11.8 Å². The van der Waals surface area contributed by atoms with Crippen LogP contribution < -0.4 is 11.1 Å². The van der Waals surface area contributed by atoms with E-state index in [-0.39, 0.29) is 22.7 Å². The van der Waals surface area contributed by atoms with E-state index in [1.165, 1.54) is 12.1 Å². The molecule has 0 fully saturated rings. The first kappa shape index (κ1) is 16.9. The lowest BCUT2D eigenvalue weighted by atomic mass is 10.1. The second kappa shape index (κ2) is 8.20. The zero-order valence-corrected chi connectivity index (χ0v) is 11.9. The van der Waals surface area contributed by atoms with E-state index in [1.807, 2.05) is 0 Å². The van der Waals surface area contributed by atoms with Gasteiger partial charge in [0.15, 0.2) is 0 Å². The van der Waals surface area contributed by atoms with Gasteiger partial charge in [0, 0.05) is 30.4 Å². The van der Waals surface area contributed by atoms with Crippen molar-refractivity contribution in [3.05, 3.63) is 29.8 Å². The van der Waals surface area contributed by atoms with Gasteiger partial charge in [-0.2, -0.15) is 13.2 Å². The van der Waals surface area contributed by atoms with Crippen molar-refractivity contribution in [1.29, 1.82) is 0 Å². The lowest BCUT2D eigenvalue weighted by Crippen LogP contribution is -2.28. The maximum atomic E-state index is 12.2. The molecule has 1 unspecified atom stereocenters. The van der Waals surface area contributed by atoms with Gasteiger partial charge in [0.1, 0.15) is 0 Å². The van der Waals surface area contributed by atoms with Gasteiger partial charge in [-0.25, -0.2) is 0 Å². The maximum Gasteiger partial charge on any atom is 0.446 e. The second-order valence-corrected chi connectivity index (χ2v) is 5.17. The zero-order chi connectivity index (χ0) is 15.0. The van der Waals surface area contributed by atoms with Crippen LogP contribution in [0.25, 0.3) is 0 Å². The van der Waals surface area contributed by atoms with Crippen LogP contribution in [0.5, 0.6) is 0 Å². The first-order valence-electron chi connectivity index (χ1n) is 6.15. The maximum absolute atomic E-state index is 12.2. The van der Waals surface area contributed by atoms with Crippen molar-refractivity contribution in [2.45, 2.75) is 29.8 Å². The molecule has 0 saturated carbocycles. The quantitative estimate of drug-likeness (QED) is 0.481. The van der Waals surface area contributed by atoms with Gasteiger partial charge in [-0.3, -0.25) is 0 Å². The summed E-state index contributed by atoms with van der Waals surface area (Å²) in [6.07, 6.45) is 0.717. The monoisotopic (exact) mass is 302 g/mol. The van der Waals surface area contributed by atoms with E-state index in [2.05, 4.69) is 17.2 Å². The Morgan fingerprint density at radius 3 is 2.45 bits per heavy atom. The van der Waals surface area contributed by atoms with Gasteiger partial charge in [0.05, 0.1) is 0 Å². The van der Waals surface area contributed by atoms with Crippen LogP contribution in [-0.4, -0.2) is 18.6 Å². The Labute approximate surface area is 121 Å². The molecule has 0 saturated heterocycles. The van der Waals surface area contributed by atoms with E-state index in [4.69, 9.17) is 5.73 Å². The average molecular weight is 302 g/mol. The van der Waals surface area contributed by atoms with Crippen LogP contribution >= 0.6 is 11.8 Å². The molecule has 0 aliphatic carbocycles. The van der Waals surface area contributed by atoms with Crippen LogP contribution in [0.3, 0.4) is 0 Å². The number of rotatable bonds is 6. The van der Waals surface area contributed by atoms with Gasteiger partial charge >= 0.3 is 5.51 Å². The summed E-state index contributed by atoms with van der Waals surface area (Å²) in [5.41, 5.74) is 2.30. The predicted octanol–water partition coefficient (Wildman–Crippen LogP) is 3.30. The van der Waals surface area contributed by atoms with Crippen LogP contribution in [0, 0.1) is 11.8 Å². The molecule has 1 aromatic rings. The topological polar surface area (TPSA) is 38.0 Å². The third kappa shape index (κ3) is 6.33. The highest BCUT2D eigenvalue weighted by atomic mass is 32.2. The Hall–Kier alpha value is -1.16. The summed E-state index contributed by atoms with van der Waals surface area (Å²) in [7, 11) is 0. The number of thioether (sulfide) groups is 1. The number of alkyl halides is 3. The summed E-state index contributed by atoms with van der Waals surface area (Å²) >= 11 is -0.117. The van der Waals surface area contributed by atoms with Crippen molar-refractivity contribution >= 4 is 11.8 Å². The highest BCUT2D eigenvalue weighted by Gasteiger charge is 2.29. The molecule has 0 spiro atoms. The normalized spacial score (nSPS) is 12.7. The molecule has 0 heterocycles. The summed E-state index contributed by atoms with van der Waals surface area (Å²) in [4.78, 5) is 0.175. The highest BCUT2D eigenvalue weighted by molar-refractivity contribution is 8.00. The van der Waals surface area contributed by atoms with E-state index in [9.17, 15) is 13.2 Å². The fraction of sp³-hybridized carbons (Fsp3) is 0.429. The van der Waals surface area contributed by atoms with Gasteiger partial charge in [0.2, 0.25) is 0 Å². The van der Waals surface area contributed by atoms with Crippen LogP contribution in [0.1, 0.15) is 24.9 Å². The molecule has 20 heavy (non-hydrogen) atoms. The first-order chi connectivity index (χ1) is 9.46. The summed E-state index contributed by atoms with van der Waals surface area (Å²) in [5.74, 6) is 5.73. The Kier molecular flexibility index (Phi) is 6.93. The molecule has 6 heteroatoms. The average Bonchev–Trinajstić information content (AvgIpc) is 2.38. The third-order valence-corrected chi connectivity index (χ3v) is 3.31. The Morgan fingerprint density at radius 2 is 1.95 bits per heavy atom. The van der Waals surface area contributed by atoms with Crippen LogP contribution in [-0.2, 0) is 0 Å². The lowest BCUT2D eigenvalue weighted by Gasteiger charge is -2.17. The molecule has 0 aliphatic heterocycles. The molecule has 3 N–H and O–H groups in total. The standard InChI is InChI=1S/C14H17F3N2S/c1-2-3-4-9-19-13(10-18)11-5-7-12(8-6-11)20-14(15,16)17/h5-8,13,19H,4,9-10,18H2,1H3. The number of benzene rings is 1. The fourth-order valence-corrected chi connectivity index (χ4v) is 2.21. The van der Waals surface area contributed by atoms with Gasteiger partial charge in [-0.1, -0.05) is 12.1 Å². The van der Waals surface area contributed by atoms with Crippen LogP contribution in [0.4, 0.5) is 13.2 Å². The van der Waals surface area contributed by atoms with Crippen molar-refractivity contribution in [2.75, 3.05) is 13.1 Å². The largest absolute Gasteiger partial charge is 0.446 e. The smallest absolute Gasteiger partial charge is 0.329 e. The Bertz CT molecular complexity index is 460. The van der Waals surface area contributed by atoms with E-state index in [1.54, 1.807) is 19.1 Å². The Morgan fingerprint density at radius 1 is 1.30 bits per heavy atom. The minimum Gasteiger partial charge on any atom is -0.329 e. The zero-order valence-electron chi connectivity index (χ0n) is 11.1. The molecule has 2 nitrogen and oxygen atoms in total. The predicted molar refractivity (Wildman–Crippen MR) is 76.2 cm³/mol. The summed E-state index contributed by atoms with van der Waals surface area (Å²) in [6, 6.07) is 6.19. The van der Waals surface area contributed by atoms with Crippen molar-refractivity contribution in [3.8, 4) is 11.8 Å². The molecule has 1 atom stereocenters. The molecule has 1 aromatic carbocycles. The van der Waals surface area contributed by atoms with Crippen LogP contribution in [0.15, 0.2) is 29.2 Å². The second-order valence-electron chi connectivity index (χ2n) is 4.04. The van der Waals surface area contributed by atoms with Crippen molar-refractivity contribution in [2.24, 2.45) is 5.73 Å². The van der Waals surface area contributed by atoms with E-state index in [0.29, 0.717) is 13.1 Å².